The minimum atomic E-state index is -3.83. The normalized spacial score (nSPS) is 27.3. The van der Waals surface area contributed by atoms with E-state index in [1.54, 1.807) is 0 Å². The molecule has 1 aromatic rings. The second kappa shape index (κ2) is 11.0. The van der Waals surface area contributed by atoms with E-state index < -0.39 is 42.4 Å². The molecule has 3 rings (SSSR count). The highest BCUT2D eigenvalue weighted by Gasteiger charge is 2.47. The van der Waals surface area contributed by atoms with Crippen LogP contribution in [0.15, 0.2) is 18.3 Å². The van der Waals surface area contributed by atoms with Gasteiger partial charge in [-0.3, -0.25) is 0 Å². The number of pyridine rings is 1. The third-order valence-corrected chi connectivity index (χ3v) is 5.24. The van der Waals surface area contributed by atoms with Gasteiger partial charge in [-0.05, 0) is 25.0 Å². The van der Waals surface area contributed by atoms with Crippen molar-refractivity contribution in [2.75, 3.05) is 19.8 Å². The van der Waals surface area contributed by atoms with Crippen molar-refractivity contribution in [3.8, 4) is 5.75 Å². The number of alkyl halides is 5. The van der Waals surface area contributed by atoms with Gasteiger partial charge in [0.25, 0.3) is 6.29 Å². The molecule has 0 saturated carbocycles. The predicted molar refractivity (Wildman–Crippen MR) is 102 cm³/mol. The molecular formula is C21H28F5NO5. The Morgan fingerprint density at radius 1 is 1.03 bits per heavy atom. The van der Waals surface area contributed by atoms with E-state index in [1.165, 1.54) is 0 Å². The van der Waals surface area contributed by atoms with E-state index in [2.05, 4.69) is 26.1 Å². The molecule has 0 N–H and O–H groups in total. The Balaban J connectivity index is 1.51. The lowest BCUT2D eigenvalue weighted by Gasteiger charge is -2.33. The highest BCUT2D eigenvalue weighted by atomic mass is 19.3. The Kier molecular flexibility index (Phi) is 8.65. The van der Waals surface area contributed by atoms with Gasteiger partial charge in [-0.15, -0.1) is 0 Å². The fourth-order valence-corrected chi connectivity index (χ4v) is 3.46. The largest absolute Gasteiger partial charge is 0.451 e. The quantitative estimate of drug-likeness (QED) is 0.348. The topological polar surface area (TPSA) is 59.0 Å². The predicted octanol–water partition coefficient (Wildman–Crippen LogP) is 5.16. The van der Waals surface area contributed by atoms with Gasteiger partial charge in [0.15, 0.2) is 6.36 Å². The summed E-state index contributed by atoms with van der Waals surface area (Å²) in [5.74, 6) is -0.393. The second-order valence-corrected chi connectivity index (χ2v) is 7.98. The molecule has 32 heavy (non-hydrogen) atoms. The molecule has 2 unspecified atom stereocenters. The number of hydrogen-bond acceptors (Lipinski definition) is 6. The van der Waals surface area contributed by atoms with Crippen molar-refractivity contribution in [2.45, 2.75) is 76.4 Å². The van der Waals surface area contributed by atoms with Crippen molar-refractivity contribution >= 4 is 0 Å². The minimum absolute atomic E-state index is 0.0436. The third-order valence-electron chi connectivity index (χ3n) is 5.24. The molecule has 6 nitrogen and oxygen atoms in total. The van der Waals surface area contributed by atoms with Crippen LogP contribution in [0, 0.1) is 5.92 Å². The molecule has 0 amide bonds. The summed E-state index contributed by atoms with van der Waals surface area (Å²) in [6.07, 6.45) is -7.38. The molecule has 0 aromatic carbocycles. The summed E-state index contributed by atoms with van der Waals surface area (Å²) in [4.78, 5) is 3.48. The number of aromatic nitrogens is 1. The highest BCUT2D eigenvalue weighted by molar-refractivity contribution is 5.21. The molecular weight excluding hydrogens is 441 g/mol. The first kappa shape index (κ1) is 25.1. The van der Waals surface area contributed by atoms with Gasteiger partial charge in [-0.2, -0.15) is 17.6 Å². The lowest BCUT2D eigenvalue weighted by atomic mass is 10.0. The van der Waals surface area contributed by atoms with Gasteiger partial charge in [-0.25, -0.2) is 9.37 Å². The zero-order chi connectivity index (χ0) is 23.2. The number of halogens is 5. The smallest absolute Gasteiger partial charge is 0.427 e. The second-order valence-electron chi connectivity index (χ2n) is 7.98. The Morgan fingerprint density at radius 3 is 2.38 bits per heavy atom. The summed E-state index contributed by atoms with van der Waals surface area (Å²) in [5, 5.41) is 0. The minimum Gasteiger partial charge on any atom is -0.427 e. The van der Waals surface area contributed by atoms with E-state index in [9.17, 15) is 22.0 Å². The zero-order valence-corrected chi connectivity index (χ0v) is 17.8. The van der Waals surface area contributed by atoms with Gasteiger partial charge in [0.1, 0.15) is 11.4 Å². The molecule has 2 fully saturated rings. The van der Waals surface area contributed by atoms with E-state index in [4.69, 9.17) is 9.47 Å². The van der Waals surface area contributed by atoms with Crippen molar-refractivity contribution in [3.63, 3.8) is 0 Å². The first-order chi connectivity index (χ1) is 15.2. The van der Waals surface area contributed by atoms with Crippen molar-refractivity contribution in [1.29, 1.82) is 0 Å². The monoisotopic (exact) mass is 469 g/mol. The summed E-state index contributed by atoms with van der Waals surface area (Å²) in [5.41, 5.74) is -0.796. The standard InChI is InChI=1S/C21H28F5NO5/c1-2-3-4-5-14-11-29-19(30-12-14)21(25,26)31-15-6-8-17(27-10-15)20(23,24)32-16-7-9-18(22)28-13-16/h6,8,10,14,16,18-19H,2-5,7,9,11-13H2,1H3. The highest BCUT2D eigenvalue weighted by Crippen LogP contribution is 2.34. The van der Waals surface area contributed by atoms with Gasteiger partial charge < -0.3 is 23.7 Å². The SMILES string of the molecule is CCCCCC1COC(C(F)(F)Oc2ccc(C(F)(F)OC3CCC(F)OC3)nc2)OC1. The van der Waals surface area contributed by atoms with E-state index >= 15 is 0 Å². The molecule has 1 aromatic heterocycles. The number of ether oxygens (including phenoxy) is 5. The fourth-order valence-electron chi connectivity index (χ4n) is 3.46. The van der Waals surface area contributed by atoms with E-state index in [-0.39, 0.29) is 38.6 Å². The molecule has 11 heteroatoms. The van der Waals surface area contributed by atoms with Gasteiger partial charge in [-0.1, -0.05) is 26.2 Å². The van der Waals surface area contributed by atoms with Gasteiger partial charge in [0.05, 0.1) is 32.1 Å². The van der Waals surface area contributed by atoms with Crippen LogP contribution in [0.1, 0.15) is 51.1 Å². The van der Waals surface area contributed by atoms with Gasteiger partial charge in [0.2, 0.25) is 0 Å². The zero-order valence-electron chi connectivity index (χ0n) is 17.8. The lowest BCUT2D eigenvalue weighted by molar-refractivity contribution is -0.352. The van der Waals surface area contributed by atoms with Gasteiger partial charge in [0, 0.05) is 12.3 Å². The maximum absolute atomic E-state index is 14.4. The van der Waals surface area contributed by atoms with Gasteiger partial charge >= 0.3 is 12.2 Å². The van der Waals surface area contributed by atoms with Crippen LogP contribution in [-0.2, 0) is 25.1 Å². The average Bonchev–Trinajstić information content (AvgIpc) is 2.76. The molecule has 182 valence electrons. The molecule has 2 aliphatic rings. The number of nitrogens with zero attached hydrogens (tertiary/aromatic N) is 1. The van der Waals surface area contributed by atoms with Crippen LogP contribution in [0.2, 0.25) is 0 Å². The van der Waals surface area contributed by atoms with E-state index in [1.807, 2.05) is 0 Å². The van der Waals surface area contributed by atoms with Crippen molar-refractivity contribution in [2.24, 2.45) is 5.92 Å². The average molecular weight is 469 g/mol. The molecule has 2 atom stereocenters. The Morgan fingerprint density at radius 2 is 1.78 bits per heavy atom. The summed E-state index contributed by atoms with van der Waals surface area (Å²) < 4.78 is 94.5. The maximum atomic E-state index is 14.4. The van der Waals surface area contributed by atoms with Crippen LogP contribution in [0.4, 0.5) is 22.0 Å². The Hall–Kier alpha value is -1.56. The van der Waals surface area contributed by atoms with Crippen LogP contribution >= 0.6 is 0 Å². The Bertz CT molecular complexity index is 692. The van der Waals surface area contributed by atoms with Crippen LogP contribution in [-0.4, -0.2) is 49.7 Å². The molecule has 0 aliphatic carbocycles. The van der Waals surface area contributed by atoms with Crippen LogP contribution in [0.5, 0.6) is 5.75 Å². The van der Waals surface area contributed by atoms with E-state index in [0.717, 1.165) is 44.0 Å². The third kappa shape index (κ3) is 6.97. The molecule has 2 saturated heterocycles. The Labute approximate surface area is 183 Å². The number of hydrogen-bond donors (Lipinski definition) is 0. The molecule has 0 spiro atoms. The first-order valence-corrected chi connectivity index (χ1v) is 10.8. The van der Waals surface area contributed by atoms with Crippen molar-refractivity contribution in [3.05, 3.63) is 24.0 Å². The molecule has 2 aliphatic heterocycles. The molecule has 0 radical (unpaired) electrons. The molecule has 0 bridgehead atoms. The van der Waals surface area contributed by atoms with Crippen LogP contribution < -0.4 is 4.74 Å². The van der Waals surface area contributed by atoms with Crippen molar-refractivity contribution < 1.29 is 45.6 Å². The summed E-state index contributed by atoms with van der Waals surface area (Å²) >= 11 is 0. The maximum Gasteiger partial charge on any atom is 0.451 e. The van der Waals surface area contributed by atoms with E-state index in [0.29, 0.717) is 0 Å². The van der Waals surface area contributed by atoms with Crippen LogP contribution in [0.25, 0.3) is 0 Å². The summed E-state index contributed by atoms with van der Waals surface area (Å²) in [7, 11) is 0. The van der Waals surface area contributed by atoms with Crippen molar-refractivity contribution in [1.82, 2.24) is 4.98 Å². The fraction of sp³-hybridized carbons (Fsp3) is 0.762. The van der Waals surface area contributed by atoms with Crippen LogP contribution in [0.3, 0.4) is 0 Å². The lowest BCUT2D eigenvalue weighted by Crippen LogP contribution is -2.47. The first-order valence-electron chi connectivity index (χ1n) is 10.8. The number of rotatable bonds is 10. The summed E-state index contributed by atoms with van der Waals surface area (Å²) in [6, 6.07) is 1.75. The molecule has 3 heterocycles. The summed E-state index contributed by atoms with van der Waals surface area (Å²) in [6.45, 7) is 2.01. The number of unbranched alkanes of at least 4 members (excludes halogenated alkanes) is 2.